The monoisotopic (exact) mass is 241 g/mol. The summed E-state index contributed by atoms with van der Waals surface area (Å²) in [5.74, 6) is -0.162. The van der Waals surface area contributed by atoms with Crippen LogP contribution in [-0.4, -0.2) is 48.5 Å². The van der Waals surface area contributed by atoms with Gasteiger partial charge in [-0.25, -0.2) is 9.79 Å². The zero-order chi connectivity index (χ0) is 12.8. The summed E-state index contributed by atoms with van der Waals surface area (Å²) in [5, 5.41) is 11.0. The van der Waals surface area contributed by atoms with Crippen LogP contribution in [0.4, 0.5) is 4.79 Å². The van der Waals surface area contributed by atoms with Crippen LogP contribution in [0.3, 0.4) is 0 Å². The Morgan fingerprint density at radius 2 is 1.88 bits per heavy atom. The molecule has 0 radical (unpaired) electrons. The Kier molecular flexibility index (Phi) is 4.93. The SMILES string of the molecule is CN(C)/C=N\C(=O)C1CCC(NC(=O)O)CC1. The highest BCUT2D eigenvalue weighted by Crippen LogP contribution is 2.25. The van der Waals surface area contributed by atoms with E-state index in [0.29, 0.717) is 25.7 Å². The first-order valence-electron chi connectivity index (χ1n) is 5.73. The lowest BCUT2D eigenvalue weighted by Gasteiger charge is -2.26. The summed E-state index contributed by atoms with van der Waals surface area (Å²) < 4.78 is 0. The molecule has 1 saturated carbocycles. The Labute approximate surface area is 101 Å². The van der Waals surface area contributed by atoms with Crippen molar-refractivity contribution in [3.05, 3.63) is 0 Å². The molecule has 2 N–H and O–H groups in total. The van der Waals surface area contributed by atoms with E-state index in [0.717, 1.165) is 0 Å². The van der Waals surface area contributed by atoms with Gasteiger partial charge in [-0.05, 0) is 25.7 Å². The second-order valence-electron chi connectivity index (χ2n) is 4.54. The highest BCUT2D eigenvalue weighted by atomic mass is 16.4. The quantitative estimate of drug-likeness (QED) is 0.569. The fraction of sp³-hybridized carbons (Fsp3) is 0.727. The summed E-state index contributed by atoms with van der Waals surface area (Å²) in [6.45, 7) is 0. The predicted molar refractivity (Wildman–Crippen MR) is 64.1 cm³/mol. The van der Waals surface area contributed by atoms with Crippen LogP contribution in [0.1, 0.15) is 25.7 Å². The lowest BCUT2D eigenvalue weighted by molar-refractivity contribution is -0.122. The van der Waals surface area contributed by atoms with Crippen molar-refractivity contribution in [2.45, 2.75) is 31.7 Å². The van der Waals surface area contributed by atoms with Gasteiger partial charge in [-0.3, -0.25) is 4.79 Å². The van der Waals surface area contributed by atoms with Crippen molar-refractivity contribution in [1.82, 2.24) is 10.2 Å². The van der Waals surface area contributed by atoms with E-state index in [-0.39, 0.29) is 17.9 Å². The molecule has 0 unspecified atom stereocenters. The molecule has 0 aromatic rings. The van der Waals surface area contributed by atoms with Crippen LogP contribution in [0.15, 0.2) is 4.99 Å². The minimum Gasteiger partial charge on any atom is -0.465 e. The Morgan fingerprint density at radius 3 is 2.35 bits per heavy atom. The number of carbonyl (C=O) groups excluding carboxylic acids is 1. The van der Waals surface area contributed by atoms with Gasteiger partial charge in [-0.2, -0.15) is 0 Å². The molecule has 1 rings (SSSR count). The Balaban J connectivity index is 2.36. The number of aliphatic imine (C=N–C) groups is 1. The third kappa shape index (κ3) is 4.84. The number of nitrogens with one attached hydrogen (secondary N) is 1. The maximum absolute atomic E-state index is 11.7. The summed E-state index contributed by atoms with van der Waals surface area (Å²) in [6.07, 6.45) is 3.33. The van der Waals surface area contributed by atoms with E-state index < -0.39 is 6.09 Å². The van der Waals surface area contributed by atoms with Crippen LogP contribution in [0.25, 0.3) is 0 Å². The second-order valence-corrected chi connectivity index (χ2v) is 4.54. The van der Waals surface area contributed by atoms with Crippen LogP contribution < -0.4 is 5.32 Å². The molecule has 0 saturated heterocycles. The summed E-state index contributed by atoms with van der Waals surface area (Å²) in [6, 6.07) is -0.0191. The van der Waals surface area contributed by atoms with Gasteiger partial charge in [0.2, 0.25) is 5.91 Å². The topological polar surface area (TPSA) is 82.0 Å². The lowest BCUT2D eigenvalue weighted by atomic mass is 9.85. The van der Waals surface area contributed by atoms with Crippen LogP contribution in [-0.2, 0) is 4.79 Å². The zero-order valence-corrected chi connectivity index (χ0v) is 10.2. The number of carboxylic acid groups (broad SMARTS) is 1. The largest absolute Gasteiger partial charge is 0.465 e. The molecular formula is C11H19N3O3. The van der Waals surface area contributed by atoms with Crippen molar-refractivity contribution in [3.63, 3.8) is 0 Å². The molecule has 0 aliphatic heterocycles. The fourth-order valence-corrected chi connectivity index (χ4v) is 1.94. The van der Waals surface area contributed by atoms with Crippen LogP contribution in [0.2, 0.25) is 0 Å². The number of carbonyl (C=O) groups is 2. The Hall–Kier alpha value is -1.59. The highest BCUT2D eigenvalue weighted by molar-refractivity contribution is 5.86. The molecule has 1 aliphatic rings. The number of amides is 2. The van der Waals surface area contributed by atoms with Gasteiger partial charge in [0.1, 0.15) is 0 Å². The standard InChI is InChI=1S/C11H19N3O3/c1-14(2)7-12-10(15)8-3-5-9(6-4-8)13-11(16)17/h7-9,13H,3-6H2,1-2H3,(H,16,17)/b12-7-. The van der Waals surface area contributed by atoms with Gasteiger partial charge < -0.3 is 15.3 Å². The van der Waals surface area contributed by atoms with Gasteiger partial charge >= 0.3 is 6.09 Å². The van der Waals surface area contributed by atoms with Gasteiger partial charge in [0, 0.05) is 26.1 Å². The molecule has 0 spiro atoms. The fourth-order valence-electron chi connectivity index (χ4n) is 1.94. The number of rotatable bonds is 3. The van der Waals surface area contributed by atoms with Crippen molar-refractivity contribution in [1.29, 1.82) is 0 Å². The minimum absolute atomic E-state index is 0.0191. The number of hydrogen-bond acceptors (Lipinski definition) is 2. The van der Waals surface area contributed by atoms with Gasteiger partial charge in [0.15, 0.2) is 0 Å². The summed E-state index contributed by atoms with van der Waals surface area (Å²) in [4.78, 5) is 27.7. The second kappa shape index (κ2) is 6.22. The van der Waals surface area contributed by atoms with Crippen LogP contribution >= 0.6 is 0 Å². The average Bonchev–Trinajstić information content (AvgIpc) is 2.26. The van der Waals surface area contributed by atoms with E-state index in [1.807, 2.05) is 14.1 Å². The van der Waals surface area contributed by atoms with Crippen molar-refractivity contribution < 1.29 is 14.7 Å². The first-order chi connectivity index (χ1) is 7.99. The molecule has 17 heavy (non-hydrogen) atoms. The first-order valence-corrected chi connectivity index (χ1v) is 5.73. The Bertz CT molecular complexity index is 307. The number of hydrogen-bond donors (Lipinski definition) is 2. The molecule has 6 heteroatoms. The first kappa shape index (κ1) is 13.5. The van der Waals surface area contributed by atoms with Crippen molar-refractivity contribution in [3.8, 4) is 0 Å². The molecule has 6 nitrogen and oxygen atoms in total. The molecular weight excluding hydrogens is 222 g/mol. The molecule has 0 atom stereocenters. The van der Waals surface area contributed by atoms with E-state index in [4.69, 9.17) is 5.11 Å². The third-order valence-corrected chi connectivity index (χ3v) is 2.82. The summed E-state index contributed by atoms with van der Waals surface area (Å²) in [5.41, 5.74) is 0. The normalized spacial score (nSPS) is 24.6. The maximum atomic E-state index is 11.7. The minimum atomic E-state index is -0.995. The summed E-state index contributed by atoms with van der Waals surface area (Å²) in [7, 11) is 3.62. The van der Waals surface area contributed by atoms with Crippen molar-refractivity contribution in [2.75, 3.05) is 14.1 Å². The van der Waals surface area contributed by atoms with Gasteiger partial charge in [0.05, 0.1) is 6.34 Å². The third-order valence-electron chi connectivity index (χ3n) is 2.82. The molecule has 0 aromatic carbocycles. The lowest BCUT2D eigenvalue weighted by Crippen LogP contribution is -2.37. The van der Waals surface area contributed by atoms with Crippen LogP contribution in [0.5, 0.6) is 0 Å². The zero-order valence-electron chi connectivity index (χ0n) is 10.2. The molecule has 2 amide bonds. The molecule has 0 bridgehead atoms. The maximum Gasteiger partial charge on any atom is 0.404 e. The predicted octanol–water partition coefficient (Wildman–Crippen LogP) is 0.929. The van der Waals surface area contributed by atoms with Crippen molar-refractivity contribution in [2.24, 2.45) is 10.9 Å². The molecule has 1 aliphatic carbocycles. The van der Waals surface area contributed by atoms with E-state index >= 15 is 0 Å². The summed E-state index contributed by atoms with van der Waals surface area (Å²) >= 11 is 0. The van der Waals surface area contributed by atoms with E-state index in [1.165, 1.54) is 6.34 Å². The molecule has 1 fully saturated rings. The highest BCUT2D eigenvalue weighted by Gasteiger charge is 2.26. The Morgan fingerprint density at radius 1 is 1.29 bits per heavy atom. The van der Waals surface area contributed by atoms with Crippen molar-refractivity contribution >= 4 is 18.3 Å². The molecule has 96 valence electrons. The molecule has 0 heterocycles. The van der Waals surface area contributed by atoms with Gasteiger partial charge in [0.25, 0.3) is 0 Å². The van der Waals surface area contributed by atoms with E-state index in [1.54, 1.807) is 4.90 Å². The molecule has 0 aromatic heterocycles. The van der Waals surface area contributed by atoms with Gasteiger partial charge in [-0.1, -0.05) is 0 Å². The number of nitrogens with zero attached hydrogens (tertiary/aromatic N) is 2. The van der Waals surface area contributed by atoms with E-state index in [9.17, 15) is 9.59 Å². The van der Waals surface area contributed by atoms with E-state index in [2.05, 4.69) is 10.3 Å². The smallest absolute Gasteiger partial charge is 0.404 e. The van der Waals surface area contributed by atoms with Crippen LogP contribution in [0, 0.1) is 5.92 Å². The average molecular weight is 241 g/mol. The van der Waals surface area contributed by atoms with Gasteiger partial charge in [-0.15, -0.1) is 0 Å².